The van der Waals surface area contributed by atoms with Crippen LogP contribution in [0.2, 0.25) is 5.02 Å². The Morgan fingerprint density at radius 2 is 2.13 bits per heavy atom. The number of sulfonamides is 1. The third-order valence-corrected chi connectivity index (χ3v) is 6.32. The van der Waals surface area contributed by atoms with Gasteiger partial charge >= 0.3 is 0 Å². The van der Waals surface area contributed by atoms with Gasteiger partial charge in [-0.3, -0.25) is 0 Å². The normalized spacial score (nSPS) is 20.9. The summed E-state index contributed by atoms with van der Waals surface area (Å²) in [6, 6.07) is 4.81. The number of halogens is 1. The standard InChI is InChI=1S/C14H17ClN4O2S2/c1-7(2)13-18-19-12(8(3)17-14(19)22-13)9-4-5-10(15)11(6-9)23(16,20)21/h4-7,14,17H,1-3H3,(H2,16,20,21). The van der Waals surface area contributed by atoms with Crippen LogP contribution in [0.25, 0.3) is 5.70 Å². The van der Waals surface area contributed by atoms with Crippen molar-refractivity contribution < 1.29 is 8.42 Å². The first-order chi connectivity index (χ1) is 10.7. The lowest BCUT2D eigenvalue weighted by atomic mass is 10.1. The number of nitrogens with one attached hydrogen (secondary N) is 1. The number of fused-ring (bicyclic) bond motifs is 1. The summed E-state index contributed by atoms with van der Waals surface area (Å²) >= 11 is 7.62. The molecule has 3 rings (SSSR count). The minimum Gasteiger partial charge on any atom is -0.357 e. The molecule has 1 aromatic carbocycles. The summed E-state index contributed by atoms with van der Waals surface area (Å²) in [5.74, 6) is 0.333. The van der Waals surface area contributed by atoms with Crippen LogP contribution in [0.4, 0.5) is 0 Å². The van der Waals surface area contributed by atoms with Crippen LogP contribution >= 0.6 is 23.4 Å². The number of thioether (sulfide) groups is 1. The molecule has 1 atom stereocenters. The zero-order valence-corrected chi connectivity index (χ0v) is 15.3. The number of primary sulfonamides is 1. The van der Waals surface area contributed by atoms with Crippen molar-refractivity contribution in [1.82, 2.24) is 10.3 Å². The van der Waals surface area contributed by atoms with Crippen LogP contribution in [0.1, 0.15) is 26.3 Å². The third-order valence-electron chi connectivity index (χ3n) is 3.59. The average molecular weight is 373 g/mol. The highest BCUT2D eigenvalue weighted by atomic mass is 35.5. The minimum atomic E-state index is -3.88. The smallest absolute Gasteiger partial charge is 0.239 e. The fraction of sp³-hybridized carbons (Fsp3) is 0.357. The van der Waals surface area contributed by atoms with Crippen LogP contribution in [0.15, 0.2) is 33.9 Å². The van der Waals surface area contributed by atoms with Crippen LogP contribution in [0.3, 0.4) is 0 Å². The van der Waals surface area contributed by atoms with Gasteiger partial charge in [-0.1, -0.05) is 43.3 Å². The Labute approximate surface area is 144 Å². The molecule has 0 saturated carbocycles. The quantitative estimate of drug-likeness (QED) is 0.851. The second kappa shape index (κ2) is 5.70. The van der Waals surface area contributed by atoms with E-state index in [1.807, 2.05) is 11.9 Å². The maximum atomic E-state index is 11.7. The number of hydrogen-bond acceptors (Lipinski definition) is 6. The van der Waals surface area contributed by atoms with E-state index in [1.54, 1.807) is 23.9 Å². The van der Waals surface area contributed by atoms with Crippen LogP contribution in [0, 0.1) is 5.92 Å². The number of hydrazone groups is 1. The van der Waals surface area contributed by atoms with Crippen molar-refractivity contribution >= 4 is 44.1 Å². The summed E-state index contributed by atoms with van der Waals surface area (Å²) < 4.78 is 23.4. The summed E-state index contributed by atoms with van der Waals surface area (Å²) in [7, 11) is -3.88. The van der Waals surface area contributed by atoms with E-state index in [2.05, 4.69) is 24.3 Å². The molecule has 0 radical (unpaired) electrons. The van der Waals surface area contributed by atoms with Crippen molar-refractivity contribution in [2.75, 3.05) is 0 Å². The Bertz CT molecular complexity index is 833. The van der Waals surface area contributed by atoms with Crippen molar-refractivity contribution in [3.05, 3.63) is 34.5 Å². The number of allylic oxidation sites excluding steroid dienone is 1. The monoisotopic (exact) mass is 372 g/mol. The first kappa shape index (κ1) is 16.6. The molecule has 0 spiro atoms. The van der Waals surface area contributed by atoms with Crippen molar-refractivity contribution in [2.45, 2.75) is 31.2 Å². The van der Waals surface area contributed by atoms with Crippen LogP contribution in [-0.2, 0) is 10.0 Å². The number of hydrogen-bond donors (Lipinski definition) is 2. The highest BCUT2D eigenvalue weighted by Gasteiger charge is 2.37. The highest BCUT2D eigenvalue weighted by molar-refractivity contribution is 8.14. The molecule has 0 fully saturated rings. The van der Waals surface area contributed by atoms with Gasteiger partial charge in [0.15, 0.2) is 5.50 Å². The molecule has 23 heavy (non-hydrogen) atoms. The summed E-state index contributed by atoms with van der Waals surface area (Å²) in [6.45, 7) is 6.11. The largest absolute Gasteiger partial charge is 0.357 e. The van der Waals surface area contributed by atoms with E-state index in [-0.39, 0.29) is 15.4 Å². The van der Waals surface area contributed by atoms with Crippen LogP contribution < -0.4 is 10.5 Å². The van der Waals surface area contributed by atoms with E-state index >= 15 is 0 Å². The highest BCUT2D eigenvalue weighted by Crippen LogP contribution is 2.41. The Hall–Kier alpha value is -1.22. The Morgan fingerprint density at radius 1 is 1.43 bits per heavy atom. The molecule has 0 bridgehead atoms. The van der Waals surface area contributed by atoms with Crippen molar-refractivity contribution in [1.29, 1.82) is 0 Å². The molecular weight excluding hydrogens is 356 g/mol. The zero-order valence-electron chi connectivity index (χ0n) is 12.9. The van der Waals surface area contributed by atoms with Gasteiger partial charge in [0.1, 0.15) is 9.94 Å². The predicted octanol–water partition coefficient (Wildman–Crippen LogP) is 2.58. The topological polar surface area (TPSA) is 87.8 Å². The summed E-state index contributed by atoms with van der Waals surface area (Å²) in [4.78, 5) is -0.0830. The summed E-state index contributed by atoms with van der Waals surface area (Å²) in [5, 5.41) is 16.3. The van der Waals surface area contributed by atoms with E-state index in [4.69, 9.17) is 16.7 Å². The summed E-state index contributed by atoms with van der Waals surface area (Å²) in [5.41, 5.74) is 2.47. The zero-order chi connectivity index (χ0) is 16.9. The molecule has 0 aromatic heterocycles. The van der Waals surface area contributed by atoms with Gasteiger partial charge in [0.25, 0.3) is 0 Å². The minimum absolute atomic E-state index is 0.00369. The van der Waals surface area contributed by atoms with E-state index in [1.165, 1.54) is 6.07 Å². The van der Waals surface area contributed by atoms with Gasteiger partial charge in [-0.05, 0) is 19.1 Å². The molecule has 0 saturated heterocycles. The molecule has 0 amide bonds. The SMILES string of the molecule is CC1=C(c2ccc(Cl)c(S(N)(=O)=O)c2)N2N=C(C(C)C)SC2N1. The summed E-state index contributed by atoms with van der Waals surface area (Å²) in [6.07, 6.45) is 0. The number of benzene rings is 1. The molecule has 0 aliphatic carbocycles. The first-order valence-corrected chi connectivity index (χ1v) is 9.83. The molecule has 1 aromatic rings. The fourth-order valence-electron chi connectivity index (χ4n) is 2.50. The Balaban J connectivity index is 2.07. The average Bonchev–Trinajstić information content (AvgIpc) is 2.95. The second-order valence-electron chi connectivity index (χ2n) is 5.72. The fourth-order valence-corrected chi connectivity index (χ4v) is 4.69. The Morgan fingerprint density at radius 3 is 2.74 bits per heavy atom. The molecule has 2 aliphatic rings. The van der Waals surface area contributed by atoms with Crippen molar-refractivity contribution in [2.24, 2.45) is 16.2 Å². The van der Waals surface area contributed by atoms with Gasteiger partial charge < -0.3 is 5.32 Å². The van der Waals surface area contributed by atoms with Gasteiger partial charge in [-0.15, -0.1) is 0 Å². The molecule has 3 N–H and O–H groups in total. The van der Waals surface area contributed by atoms with E-state index in [9.17, 15) is 8.42 Å². The second-order valence-corrected chi connectivity index (χ2v) is 8.75. The molecule has 6 nitrogen and oxygen atoms in total. The maximum Gasteiger partial charge on any atom is 0.239 e. The lowest BCUT2D eigenvalue weighted by molar-refractivity contribution is 0.408. The molecule has 124 valence electrons. The van der Waals surface area contributed by atoms with Gasteiger partial charge in [0.05, 0.1) is 10.7 Å². The van der Waals surface area contributed by atoms with Crippen LogP contribution in [-0.4, -0.2) is 24.0 Å². The van der Waals surface area contributed by atoms with E-state index in [0.717, 1.165) is 16.4 Å². The molecule has 2 heterocycles. The number of nitrogens with two attached hydrogens (primary N) is 1. The van der Waals surface area contributed by atoms with Gasteiger partial charge in [0, 0.05) is 17.2 Å². The van der Waals surface area contributed by atoms with Crippen molar-refractivity contribution in [3.63, 3.8) is 0 Å². The number of nitrogens with zero attached hydrogens (tertiary/aromatic N) is 2. The molecule has 1 unspecified atom stereocenters. The molecular formula is C14H17ClN4O2S2. The lowest BCUT2D eigenvalue weighted by Gasteiger charge is -2.17. The lowest BCUT2D eigenvalue weighted by Crippen LogP contribution is -2.26. The molecule has 2 aliphatic heterocycles. The van der Waals surface area contributed by atoms with Crippen molar-refractivity contribution in [3.8, 4) is 0 Å². The van der Waals surface area contributed by atoms with Gasteiger partial charge in [-0.25, -0.2) is 18.6 Å². The predicted molar refractivity (Wildman–Crippen MR) is 94.0 cm³/mol. The first-order valence-electron chi connectivity index (χ1n) is 7.03. The van der Waals surface area contributed by atoms with Crippen LogP contribution in [0.5, 0.6) is 0 Å². The van der Waals surface area contributed by atoms with Gasteiger partial charge in [-0.2, -0.15) is 5.10 Å². The molecule has 9 heteroatoms. The van der Waals surface area contributed by atoms with Gasteiger partial charge in [0.2, 0.25) is 10.0 Å². The third kappa shape index (κ3) is 2.96. The van der Waals surface area contributed by atoms with E-state index in [0.29, 0.717) is 11.5 Å². The maximum absolute atomic E-state index is 11.7. The van der Waals surface area contributed by atoms with E-state index < -0.39 is 10.0 Å². The number of rotatable bonds is 3. The Kier molecular flexibility index (Phi) is 4.12.